The van der Waals surface area contributed by atoms with Crippen LogP contribution in [0.25, 0.3) is 22.6 Å². The van der Waals surface area contributed by atoms with Gasteiger partial charge in [-0.3, -0.25) is 4.98 Å². The van der Waals surface area contributed by atoms with E-state index in [1.54, 1.807) is 6.26 Å². The summed E-state index contributed by atoms with van der Waals surface area (Å²) in [6, 6.07) is 16.7. The molecular weight excluding hydrogens is 270 g/mol. The van der Waals surface area contributed by atoms with E-state index in [9.17, 15) is 0 Å². The molecule has 112 valence electrons. The SMILES string of the molecule is CCCCCc1ccc(-c2ccc(-c3ccco3)nc2)cc1. The second kappa shape index (κ2) is 7.08. The molecule has 0 aliphatic rings. The van der Waals surface area contributed by atoms with Crippen LogP contribution in [0, 0.1) is 0 Å². The van der Waals surface area contributed by atoms with Gasteiger partial charge in [0.1, 0.15) is 5.69 Å². The first kappa shape index (κ1) is 14.6. The highest BCUT2D eigenvalue weighted by Crippen LogP contribution is 2.23. The van der Waals surface area contributed by atoms with E-state index >= 15 is 0 Å². The van der Waals surface area contributed by atoms with Gasteiger partial charge in [-0.1, -0.05) is 50.1 Å². The van der Waals surface area contributed by atoms with Crippen molar-refractivity contribution in [3.8, 4) is 22.6 Å². The average molecular weight is 291 g/mol. The monoisotopic (exact) mass is 291 g/mol. The fraction of sp³-hybridized carbons (Fsp3) is 0.250. The largest absolute Gasteiger partial charge is 0.463 e. The van der Waals surface area contributed by atoms with Crippen molar-refractivity contribution in [1.29, 1.82) is 0 Å². The van der Waals surface area contributed by atoms with E-state index in [-0.39, 0.29) is 0 Å². The molecule has 0 spiro atoms. The fourth-order valence-electron chi connectivity index (χ4n) is 2.58. The number of benzene rings is 1. The van der Waals surface area contributed by atoms with E-state index in [1.807, 2.05) is 24.4 Å². The lowest BCUT2D eigenvalue weighted by Gasteiger charge is -2.05. The molecule has 2 heteroatoms. The third kappa shape index (κ3) is 3.45. The molecule has 0 amide bonds. The summed E-state index contributed by atoms with van der Waals surface area (Å²) < 4.78 is 5.37. The molecule has 3 rings (SSSR count). The molecular formula is C20H21NO. The molecule has 0 aliphatic heterocycles. The zero-order valence-electron chi connectivity index (χ0n) is 13.0. The molecule has 1 aromatic carbocycles. The Morgan fingerprint density at radius 3 is 2.36 bits per heavy atom. The normalized spacial score (nSPS) is 10.8. The number of hydrogen-bond acceptors (Lipinski definition) is 2. The minimum Gasteiger partial charge on any atom is -0.463 e. The first-order valence-corrected chi connectivity index (χ1v) is 7.96. The van der Waals surface area contributed by atoms with Crippen molar-refractivity contribution in [3.63, 3.8) is 0 Å². The average Bonchev–Trinajstić information content (AvgIpc) is 3.11. The van der Waals surface area contributed by atoms with Crippen molar-refractivity contribution < 1.29 is 4.42 Å². The Morgan fingerprint density at radius 1 is 0.909 bits per heavy atom. The third-order valence-corrected chi connectivity index (χ3v) is 3.89. The lowest BCUT2D eigenvalue weighted by Crippen LogP contribution is -1.87. The van der Waals surface area contributed by atoms with E-state index < -0.39 is 0 Å². The highest BCUT2D eigenvalue weighted by molar-refractivity contribution is 5.65. The molecule has 0 N–H and O–H groups in total. The van der Waals surface area contributed by atoms with Crippen LogP contribution in [0.5, 0.6) is 0 Å². The highest BCUT2D eigenvalue weighted by atomic mass is 16.3. The first-order chi connectivity index (χ1) is 10.9. The summed E-state index contributed by atoms with van der Waals surface area (Å²) in [5.74, 6) is 0.804. The maximum absolute atomic E-state index is 5.37. The molecule has 2 nitrogen and oxygen atoms in total. The second-order valence-corrected chi connectivity index (χ2v) is 5.56. The molecule has 0 saturated carbocycles. The number of unbranched alkanes of at least 4 members (excludes halogenated alkanes) is 2. The zero-order valence-corrected chi connectivity index (χ0v) is 13.0. The summed E-state index contributed by atoms with van der Waals surface area (Å²) in [4.78, 5) is 4.49. The Bertz CT molecular complexity index is 682. The molecule has 0 unspecified atom stereocenters. The predicted octanol–water partition coefficient (Wildman–Crippen LogP) is 5.74. The Balaban J connectivity index is 1.71. The quantitative estimate of drug-likeness (QED) is 0.541. The number of aryl methyl sites for hydroxylation is 1. The molecule has 0 radical (unpaired) electrons. The van der Waals surface area contributed by atoms with E-state index in [1.165, 1.54) is 36.8 Å². The lowest BCUT2D eigenvalue weighted by atomic mass is 10.0. The highest BCUT2D eigenvalue weighted by Gasteiger charge is 2.03. The molecule has 0 saturated heterocycles. The second-order valence-electron chi connectivity index (χ2n) is 5.56. The van der Waals surface area contributed by atoms with Gasteiger partial charge >= 0.3 is 0 Å². The predicted molar refractivity (Wildman–Crippen MR) is 90.6 cm³/mol. The number of furan rings is 1. The van der Waals surface area contributed by atoms with Crippen LogP contribution in [-0.4, -0.2) is 4.98 Å². The van der Waals surface area contributed by atoms with E-state index in [0.29, 0.717) is 0 Å². The maximum atomic E-state index is 5.37. The number of nitrogens with zero attached hydrogens (tertiary/aromatic N) is 1. The Labute approximate surface area is 131 Å². The van der Waals surface area contributed by atoms with Crippen LogP contribution in [0.2, 0.25) is 0 Å². The molecule has 22 heavy (non-hydrogen) atoms. The summed E-state index contributed by atoms with van der Waals surface area (Å²) in [5, 5.41) is 0. The minimum atomic E-state index is 0.804. The van der Waals surface area contributed by atoms with Crippen LogP contribution < -0.4 is 0 Å². The lowest BCUT2D eigenvalue weighted by molar-refractivity contribution is 0.580. The van der Waals surface area contributed by atoms with Crippen LogP contribution in [0.1, 0.15) is 31.7 Å². The van der Waals surface area contributed by atoms with Gasteiger partial charge < -0.3 is 4.42 Å². The van der Waals surface area contributed by atoms with E-state index in [0.717, 1.165) is 17.0 Å². The van der Waals surface area contributed by atoms with E-state index in [4.69, 9.17) is 4.42 Å². The van der Waals surface area contributed by atoms with Gasteiger partial charge in [0.25, 0.3) is 0 Å². The Hall–Kier alpha value is -2.35. The van der Waals surface area contributed by atoms with Gasteiger partial charge in [-0.15, -0.1) is 0 Å². The van der Waals surface area contributed by atoms with Gasteiger partial charge in [0.2, 0.25) is 0 Å². The zero-order chi connectivity index (χ0) is 15.2. The molecule has 0 bridgehead atoms. The standard InChI is InChI=1S/C20H21NO/c1-2-3-4-6-16-8-10-17(11-9-16)18-12-13-19(21-15-18)20-7-5-14-22-20/h5,7-15H,2-4,6H2,1H3. The van der Waals surface area contributed by atoms with Crippen molar-refractivity contribution in [1.82, 2.24) is 4.98 Å². The number of aromatic nitrogens is 1. The van der Waals surface area contributed by atoms with Gasteiger partial charge in [-0.25, -0.2) is 0 Å². The van der Waals surface area contributed by atoms with Crippen molar-refractivity contribution >= 4 is 0 Å². The molecule has 3 aromatic rings. The van der Waals surface area contributed by atoms with Gasteiger partial charge in [0.15, 0.2) is 5.76 Å². The summed E-state index contributed by atoms with van der Waals surface area (Å²) in [7, 11) is 0. The van der Waals surface area contributed by atoms with Gasteiger partial charge in [0, 0.05) is 11.8 Å². The molecule has 0 fully saturated rings. The fourth-order valence-corrected chi connectivity index (χ4v) is 2.58. The van der Waals surface area contributed by atoms with Crippen molar-refractivity contribution in [2.24, 2.45) is 0 Å². The molecule has 0 aliphatic carbocycles. The first-order valence-electron chi connectivity index (χ1n) is 7.96. The summed E-state index contributed by atoms with van der Waals surface area (Å²) in [5.41, 5.74) is 4.62. The Kier molecular flexibility index (Phi) is 4.69. The van der Waals surface area contributed by atoms with E-state index in [2.05, 4.69) is 42.2 Å². The summed E-state index contributed by atoms with van der Waals surface area (Å²) in [6.45, 7) is 2.24. The minimum absolute atomic E-state index is 0.804. The number of hydrogen-bond donors (Lipinski definition) is 0. The number of pyridine rings is 1. The van der Waals surface area contributed by atoms with Gasteiger partial charge in [-0.2, -0.15) is 0 Å². The smallest absolute Gasteiger partial charge is 0.152 e. The van der Waals surface area contributed by atoms with Gasteiger partial charge in [-0.05, 0) is 42.2 Å². The molecule has 0 atom stereocenters. The molecule has 2 heterocycles. The van der Waals surface area contributed by atoms with Gasteiger partial charge in [0.05, 0.1) is 6.26 Å². The molecule has 2 aromatic heterocycles. The van der Waals surface area contributed by atoms with Crippen LogP contribution in [0.4, 0.5) is 0 Å². The van der Waals surface area contributed by atoms with Crippen molar-refractivity contribution in [3.05, 3.63) is 66.6 Å². The van der Waals surface area contributed by atoms with Crippen LogP contribution >= 0.6 is 0 Å². The van der Waals surface area contributed by atoms with Crippen LogP contribution in [0.15, 0.2) is 65.4 Å². The van der Waals surface area contributed by atoms with Crippen LogP contribution in [-0.2, 0) is 6.42 Å². The van der Waals surface area contributed by atoms with Crippen molar-refractivity contribution in [2.75, 3.05) is 0 Å². The van der Waals surface area contributed by atoms with Crippen molar-refractivity contribution in [2.45, 2.75) is 32.6 Å². The van der Waals surface area contributed by atoms with Crippen LogP contribution in [0.3, 0.4) is 0 Å². The number of rotatable bonds is 6. The summed E-state index contributed by atoms with van der Waals surface area (Å²) in [6.07, 6.45) is 8.59. The summed E-state index contributed by atoms with van der Waals surface area (Å²) >= 11 is 0. The third-order valence-electron chi connectivity index (χ3n) is 3.89. The Morgan fingerprint density at radius 2 is 1.73 bits per heavy atom. The topological polar surface area (TPSA) is 26.0 Å². The maximum Gasteiger partial charge on any atom is 0.152 e.